The van der Waals surface area contributed by atoms with Crippen molar-refractivity contribution in [2.75, 3.05) is 13.2 Å². The lowest BCUT2D eigenvalue weighted by molar-refractivity contribution is 0.238. The Morgan fingerprint density at radius 2 is 1.12 bits per heavy atom. The molecule has 0 saturated carbocycles. The van der Waals surface area contributed by atoms with Gasteiger partial charge in [0.25, 0.3) is 12.0 Å². The molecule has 26 heavy (non-hydrogen) atoms. The highest BCUT2D eigenvalue weighted by Crippen LogP contribution is 2.16. The molecule has 0 N–H and O–H groups in total. The summed E-state index contributed by atoms with van der Waals surface area (Å²) in [6.45, 7) is 0.662. The maximum Gasteiger partial charge on any atom is 0.298 e. The van der Waals surface area contributed by atoms with E-state index >= 15 is 0 Å². The number of hydrogen-bond donors (Lipinski definition) is 0. The van der Waals surface area contributed by atoms with Crippen molar-refractivity contribution < 1.29 is 9.47 Å². The first-order valence-electron chi connectivity index (χ1n) is 7.56. The number of imidazole rings is 2. The zero-order chi connectivity index (χ0) is 19.1. The molecule has 2 aromatic heterocycles. The Morgan fingerprint density at radius 1 is 0.731 bits per heavy atom. The standard InChI is InChI=1S/C16H14N8O2/c1-23-13(9-19)11(7-17)21-15(23)25-5-3-4-6-26-16-22-12(8-18)14(10-20)24(16)2/h3-6H2,1-2H3. The fourth-order valence-corrected chi connectivity index (χ4v) is 2.16. The topological polar surface area (TPSA) is 149 Å². The summed E-state index contributed by atoms with van der Waals surface area (Å²) in [6, 6.07) is 7.93. The Balaban J connectivity index is 1.81. The van der Waals surface area contributed by atoms with Crippen LogP contribution in [0.3, 0.4) is 0 Å². The van der Waals surface area contributed by atoms with E-state index in [1.165, 1.54) is 9.13 Å². The Morgan fingerprint density at radius 3 is 1.38 bits per heavy atom. The van der Waals surface area contributed by atoms with Gasteiger partial charge in [-0.05, 0) is 12.8 Å². The lowest BCUT2D eigenvalue weighted by Crippen LogP contribution is -2.07. The van der Waals surface area contributed by atoms with Crippen molar-refractivity contribution in [3.8, 4) is 36.3 Å². The van der Waals surface area contributed by atoms with Gasteiger partial charge in [0.15, 0.2) is 22.8 Å². The number of aromatic nitrogens is 4. The first-order chi connectivity index (χ1) is 12.6. The summed E-state index contributed by atoms with van der Waals surface area (Å²) in [5, 5.41) is 35.8. The van der Waals surface area contributed by atoms with Crippen molar-refractivity contribution in [1.82, 2.24) is 19.1 Å². The van der Waals surface area contributed by atoms with Crippen LogP contribution in [0.5, 0.6) is 12.0 Å². The van der Waals surface area contributed by atoms with Crippen molar-refractivity contribution in [2.45, 2.75) is 12.8 Å². The van der Waals surface area contributed by atoms with Gasteiger partial charge >= 0.3 is 0 Å². The van der Waals surface area contributed by atoms with Crippen molar-refractivity contribution >= 4 is 0 Å². The summed E-state index contributed by atoms with van der Waals surface area (Å²) in [5.74, 6) is 0. The predicted octanol–water partition coefficient (Wildman–Crippen LogP) is 0.878. The molecule has 0 saturated heterocycles. The van der Waals surface area contributed by atoms with Gasteiger partial charge in [-0.3, -0.25) is 9.13 Å². The normalized spacial score (nSPS) is 9.62. The number of hydrogen-bond acceptors (Lipinski definition) is 8. The van der Waals surface area contributed by atoms with E-state index in [2.05, 4.69) is 9.97 Å². The molecule has 130 valence electrons. The molecule has 10 nitrogen and oxygen atoms in total. The highest BCUT2D eigenvalue weighted by Gasteiger charge is 2.16. The predicted molar refractivity (Wildman–Crippen MR) is 85.5 cm³/mol. The zero-order valence-corrected chi connectivity index (χ0v) is 14.2. The molecule has 0 fully saturated rings. The molecule has 0 atom stereocenters. The highest BCUT2D eigenvalue weighted by molar-refractivity contribution is 5.39. The van der Waals surface area contributed by atoms with Crippen molar-refractivity contribution in [3.05, 3.63) is 22.8 Å². The Labute approximate surface area is 149 Å². The van der Waals surface area contributed by atoms with Gasteiger partial charge in [-0.15, -0.1) is 0 Å². The minimum atomic E-state index is 0.0321. The van der Waals surface area contributed by atoms with E-state index in [4.69, 9.17) is 30.5 Å². The molecule has 10 heteroatoms. The summed E-state index contributed by atoms with van der Waals surface area (Å²) in [6.07, 6.45) is 1.27. The van der Waals surface area contributed by atoms with Crippen LogP contribution in [0.2, 0.25) is 0 Å². The minimum absolute atomic E-state index is 0.0321. The van der Waals surface area contributed by atoms with E-state index in [1.54, 1.807) is 14.1 Å². The molecule has 0 amide bonds. The van der Waals surface area contributed by atoms with Crippen LogP contribution in [-0.2, 0) is 14.1 Å². The van der Waals surface area contributed by atoms with Crippen LogP contribution in [0.4, 0.5) is 0 Å². The van der Waals surface area contributed by atoms with Crippen molar-refractivity contribution in [1.29, 1.82) is 21.0 Å². The van der Waals surface area contributed by atoms with Crippen LogP contribution in [0.25, 0.3) is 0 Å². The number of rotatable bonds is 7. The summed E-state index contributed by atoms with van der Waals surface area (Å²) < 4.78 is 13.8. The van der Waals surface area contributed by atoms with E-state index in [0.29, 0.717) is 26.1 Å². The van der Waals surface area contributed by atoms with Gasteiger partial charge in [0.05, 0.1) is 13.2 Å². The maximum absolute atomic E-state index is 8.99. The second-order valence-electron chi connectivity index (χ2n) is 5.15. The molecule has 0 spiro atoms. The third kappa shape index (κ3) is 3.56. The van der Waals surface area contributed by atoms with E-state index in [1.807, 2.05) is 24.3 Å². The molecule has 0 aliphatic heterocycles. The minimum Gasteiger partial charge on any atom is -0.465 e. The van der Waals surface area contributed by atoms with Gasteiger partial charge in [-0.2, -0.15) is 31.0 Å². The molecule has 0 aromatic carbocycles. The summed E-state index contributed by atoms with van der Waals surface area (Å²) in [7, 11) is 3.21. The van der Waals surface area contributed by atoms with Crippen LogP contribution in [0, 0.1) is 45.3 Å². The lowest BCUT2D eigenvalue weighted by atomic mass is 10.3. The van der Waals surface area contributed by atoms with Gasteiger partial charge in [-0.1, -0.05) is 0 Å². The van der Waals surface area contributed by atoms with E-state index in [-0.39, 0.29) is 34.8 Å². The second-order valence-corrected chi connectivity index (χ2v) is 5.15. The van der Waals surface area contributed by atoms with Crippen LogP contribution < -0.4 is 9.47 Å². The molecule has 0 aliphatic carbocycles. The third-order valence-electron chi connectivity index (χ3n) is 3.53. The fourth-order valence-electron chi connectivity index (χ4n) is 2.16. The lowest BCUT2D eigenvalue weighted by Gasteiger charge is -2.07. The SMILES string of the molecule is Cn1c(OCCCCOc2nc(C#N)c(C#N)n2C)nc(C#N)c1C#N. The number of nitriles is 4. The summed E-state index contributed by atoms with van der Waals surface area (Å²) in [5.41, 5.74) is 0.374. The molecular formula is C16H14N8O2. The fraction of sp³-hybridized carbons (Fsp3) is 0.375. The molecule has 2 rings (SSSR count). The molecule has 2 aromatic rings. The van der Waals surface area contributed by atoms with Gasteiger partial charge in [0.1, 0.15) is 24.3 Å². The molecular weight excluding hydrogens is 336 g/mol. The number of unbranched alkanes of at least 4 members (excludes halogenated alkanes) is 1. The Bertz CT molecular complexity index is 894. The first-order valence-corrected chi connectivity index (χ1v) is 7.56. The summed E-state index contributed by atoms with van der Waals surface area (Å²) >= 11 is 0. The maximum atomic E-state index is 8.99. The third-order valence-corrected chi connectivity index (χ3v) is 3.53. The average molecular weight is 350 g/mol. The van der Waals surface area contributed by atoms with Crippen LogP contribution in [-0.4, -0.2) is 32.3 Å². The van der Waals surface area contributed by atoms with Gasteiger partial charge in [0.2, 0.25) is 0 Å². The smallest absolute Gasteiger partial charge is 0.298 e. The van der Waals surface area contributed by atoms with Gasteiger partial charge < -0.3 is 9.47 Å². The van der Waals surface area contributed by atoms with E-state index < -0.39 is 0 Å². The van der Waals surface area contributed by atoms with E-state index in [9.17, 15) is 0 Å². The molecule has 0 radical (unpaired) electrons. The largest absolute Gasteiger partial charge is 0.465 e. The molecule has 0 unspecified atom stereocenters. The van der Waals surface area contributed by atoms with Crippen LogP contribution in [0.1, 0.15) is 35.6 Å². The monoisotopic (exact) mass is 350 g/mol. The number of ether oxygens (including phenoxy) is 2. The van der Waals surface area contributed by atoms with Crippen molar-refractivity contribution in [3.63, 3.8) is 0 Å². The highest BCUT2D eigenvalue weighted by atomic mass is 16.5. The quantitative estimate of drug-likeness (QED) is 0.668. The van der Waals surface area contributed by atoms with Crippen molar-refractivity contribution in [2.24, 2.45) is 14.1 Å². The molecule has 0 bridgehead atoms. The molecule has 0 aliphatic rings. The van der Waals surface area contributed by atoms with Crippen LogP contribution in [0.15, 0.2) is 0 Å². The average Bonchev–Trinajstić information content (AvgIpc) is 3.13. The first kappa shape index (κ1) is 18.3. The Kier molecular flexibility index (Phi) is 5.77. The number of nitrogens with zero attached hydrogens (tertiary/aromatic N) is 8. The second kappa shape index (κ2) is 8.19. The van der Waals surface area contributed by atoms with Crippen LogP contribution >= 0.6 is 0 Å². The Hall–Kier alpha value is -4.02. The summed E-state index contributed by atoms with van der Waals surface area (Å²) in [4.78, 5) is 7.92. The van der Waals surface area contributed by atoms with Gasteiger partial charge in [-0.25, -0.2) is 0 Å². The van der Waals surface area contributed by atoms with Gasteiger partial charge in [0, 0.05) is 14.1 Å². The van der Waals surface area contributed by atoms with E-state index in [0.717, 1.165) is 0 Å². The molecule has 2 heterocycles. The zero-order valence-electron chi connectivity index (χ0n) is 14.2.